The van der Waals surface area contributed by atoms with Gasteiger partial charge in [-0.3, -0.25) is 32.7 Å². The molecule has 0 saturated heterocycles. The molecule has 9 nitrogen and oxygen atoms in total. The van der Waals surface area contributed by atoms with Crippen molar-refractivity contribution in [3.05, 3.63) is 96.8 Å². The summed E-state index contributed by atoms with van der Waals surface area (Å²) < 4.78 is 20.3. The highest BCUT2D eigenvalue weighted by Gasteiger charge is 2.32. The first-order valence-corrected chi connectivity index (χ1v) is 12.7. The fourth-order valence-electron chi connectivity index (χ4n) is 5.31. The fraction of sp³-hybridized carbons (Fsp3) is 0.241. The second-order valence-electron chi connectivity index (χ2n) is 10.1. The SMILES string of the molecule is CC(=O)n1ccc2c(-n3c(=O)n(C4CC4)c(=O)c4c(Nc5ccc(C)cc5F)n(C)c(=O)c(C)c43)cccc21. The van der Waals surface area contributed by atoms with E-state index in [0.717, 1.165) is 5.56 Å². The molecule has 2 aromatic carbocycles. The van der Waals surface area contributed by atoms with E-state index in [-0.39, 0.29) is 39.9 Å². The van der Waals surface area contributed by atoms with Crippen molar-refractivity contribution in [2.75, 3.05) is 5.32 Å². The Morgan fingerprint density at radius 3 is 2.44 bits per heavy atom. The number of rotatable bonds is 4. The summed E-state index contributed by atoms with van der Waals surface area (Å²) in [5.74, 6) is -0.647. The lowest BCUT2D eigenvalue weighted by Gasteiger charge is -2.21. The summed E-state index contributed by atoms with van der Waals surface area (Å²) in [6.07, 6.45) is 2.97. The number of anilines is 2. The van der Waals surface area contributed by atoms with Crippen molar-refractivity contribution < 1.29 is 9.18 Å². The molecule has 3 aromatic heterocycles. The van der Waals surface area contributed by atoms with Crippen LogP contribution in [0.4, 0.5) is 15.9 Å². The van der Waals surface area contributed by atoms with E-state index in [2.05, 4.69) is 5.32 Å². The first-order chi connectivity index (χ1) is 18.6. The van der Waals surface area contributed by atoms with Crippen LogP contribution >= 0.6 is 0 Å². The molecule has 0 spiro atoms. The van der Waals surface area contributed by atoms with E-state index >= 15 is 0 Å². The molecule has 1 N–H and O–H groups in total. The molecule has 1 aliphatic rings. The van der Waals surface area contributed by atoms with Crippen LogP contribution in [0.15, 0.2) is 63.0 Å². The second-order valence-corrected chi connectivity index (χ2v) is 10.1. The summed E-state index contributed by atoms with van der Waals surface area (Å²) in [6, 6.07) is 11.3. The van der Waals surface area contributed by atoms with E-state index in [1.54, 1.807) is 56.4 Å². The molecule has 198 valence electrons. The summed E-state index contributed by atoms with van der Waals surface area (Å²) >= 11 is 0. The molecule has 0 bridgehead atoms. The Morgan fingerprint density at radius 2 is 1.77 bits per heavy atom. The third kappa shape index (κ3) is 3.66. The number of aryl methyl sites for hydroxylation is 2. The minimum absolute atomic E-state index is 0.0879. The van der Waals surface area contributed by atoms with Crippen LogP contribution in [0.25, 0.3) is 27.5 Å². The highest BCUT2D eigenvalue weighted by atomic mass is 19.1. The molecule has 1 fully saturated rings. The zero-order valence-electron chi connectivity index (χ0n) is 21.9. The third-order valence-corrected chi connectivity index (χ3v) is 7.42. The normalized spacial score (nSPS) is 13.4. The van der Waals surface area contributed by atoms with Crippen LogP contribution in [0, 0.1) is 19.7 Å². The second kappa shape index (κ2) is 8.65. The third-order valence-electron chi connectivity index (χ3n) is 7.42. The Labute approximate surface area is 221 Å². The molecule has 0 atom stereocenters. The van der Waals surface area contributed by atoms with E-state index in [0.29, 0.717) is 29.4 Å². The van der Waals surface area contributed by atoms with E-state index < -0.39 is 22.6 Å². The van der Waals surface area contributed by atoms with E-state index in [1.807, 2.05) is 0 Å². The van der Waals surface area contributed by atoms with Crippen molar-refractivity contribution in [3.63, 3.8) is 0 Å². The van der Waals surface area contributed by atoms with Crippen molar-refractivity contribution in [3.8, 4) is 5.69 Å². The summed E-state index contributed by atoms with van der Waals surface area (Å²) in [4.78, 5) is 53.7. The Bertz CT molecular complexity index is 2040. The van der Waals surface area contributed by atoms with E-state index in [9.17, 15) is 23.6 Å². The molecular weight excluding hydrogens is 501 g/mol. The molecule has 6 rings (SSSR count). The van der Waals surface area contributed by atoms with Gasteiger partial charge in [0.15, 0.2) is 0 Å². The number of pyridine rings is 1. The van der Waals surface area contributed by atoms with Crippen LogP contribution < -0.4 is 22.1 Å². The fourth-order valence-corrected chi connectivity index (χ4v) is 5.31. The average molecular weight is 528 g/mol. The smallest absolute Gasteiger partial charge is 0.336 e. The van der Waals surface area contributed by atoms with Gasteiger partial charge in [0.2, 0.25) is 5.91 Å². The van der Waals surface area contributed by atoms with Gasteiger partial charge in [-0.15, -0.1) is 0 Å². The van der Waals surface area contributed by atoms with Crippen molar-refractivity contribution >= 4 is 39.2 Å². The first-order valence-electron chi connectivity index (χ1n) is 12.7. The Kier molecular flexibility index (Phi) is 5.46. The van der Waals surface area contributed by atoms with Crippen LogP contribution in [0.2, 0.25) is 0 Å². The Morgan fingerprint density at radius 1 is 1.03 bits per heavy atom. The maximum Gasteiger partial charge on any atom is 0.336 e. The number of benzene rings is 2. The number of hydrogen-bond donors (Lipinski definition) is 1. The summed E-state index contributed by atoms with van der Waals surface area (Å²) in [5, 5.41) is 3.68. The number of carbonyl (C=O) groups is 1. The zero-order chi connectivity index (χ0) is 27.7. The van der Waals surface area contributed by atoms with Crippen molar-refractivity contribution in [1.82, 2.24) is 18.3 Å². The van der Waals surface area contributed by atoms with Gasteiger partial charge in [0.25, 0.3) is 11.1 Å². The van der Waals surface area contributed by atoms with Crippen LogP contribution in [0.3, 0.4) is 0 Å². The van der Waals surface area contributed by atoms with Crippen LogP contribution in [-0.4, -0.2) is 24.2 Å². The number of carbonyl (C=O) groups excluding carboxylic acids is 1. The molecule has 1 saturated carbocycles. The molecule has 0 amide bonds. The van der Waals surface area contributed by atoms with E-state index in [4.69, 9.17) is 0 Å². The molecule has 0 aliphatic heterocycles. The predicted molar refractivity (Wildman–Crippen MR) is 148 cm³/mol. The van der Waals surface area contributed by atoms with Gasteiger partial charge >= 0.3 is 5.69 Å². The Balaban J connectivity index is 1.78. The number of hydrogen-bond acceptors (Lipinski definition) is 5. The van der Waals surface area contributed by atoms with Gasteiger partial charge < -0.3 is 5.32 Å². The highest BCUT2D eigenvalue weighted by Crippen LogP contribution is 2.35. The number of nitrogens with zero attached hydrogens (tertiary/aromatic N) is 4. The molecule has 10 heteroatoms. The quantitative estimate of drug-likeness (QED) is 0.376. The predicted octanol–water partition coefficient (Wildman–Crippen LogP) is 4.30. The number of halogens is 1. The molecule has 1 aliphatic carbocycles. The molecule has 5 aromatic rings. The summed E-state index contributed by atoms with van der Waals surface area (Å²) in [7, 11) is 1.51. The van der Waals surface area contributed by atoms with Gasteiger partial charge in [-0.25, -0.2) is 9.18 Å². The van der Waals surface area contributed by atoms with Crippen LogP contribution in [0.5, 0.6) is 0 Å². The highest BCUT2D eigenvalue weighted by molar-refractivity contribution is 5.99. The van der Waals surface area contributed by atoms with Gasteiger partial charge in [-0.1, -0.05) is 12.1 Å². The summed E-state index contributed by atoms with van der Waals surface area (Å²) in [6.45, 7) is 4.77. The lowest BCUT2D eigenvalue weighted by molar-refractivity contribution is 0.0941. The number of nitrogens with one attached hydrogen (secondary N) is 1. The lowest BCUT2D eigenvalue weighted by Crippen LogP contribution is -2.41. The lowest BCUT2D eigenvalue weighted by atomic mass is 10.1. The van der Waals surface area contributed by atoms with Gasteiger partial charge in [0.05, 0.1) is 22.4 Å². The summed E-state index contributed by atoms with van der Waals surface area (Å²) in [5.41, 5.74) is 0.616. The van der Waals surface area contributed by atoms with Crippen molar-refractivity contribution in [1.29, 1.82) is 0 Å². The minimum Gasteiger partial charge on any atom is -0.338 e. The zero-order valence-corrected chi connectivity index (χ0v) is 21.9. The topological polar surface area (TPSA) is 100 Å². The number of aromatic nitrogens is 4. The molecule has 0 unspecified atom stereocenters. The molecule has 3 heterocycles. The molecule has 0 radical (unpaired) electrons. The molecule has 39 heavy (non-hydrogen) atoms. The van der Waals surface area contributed by atoms with Crippen LogP contribution in [0.1, 0.15) is 41.7 Å². The van der Waals surface area contributed by atoms with Crippen LogP contribution in [-0.2, 0) is 7.05 Å². The van der Waals surface area contributed by atoms with Crippen molar-refractivity contribution in [2.24, 2.45) is 7.05 Å². The van der Waals surface area contributed by atoms with Gasteiger partial charge in [-0.05, 0) is 62.6 Å². The largest absolute Gasteiger partial charge is 0.338 e. The maximum atomic E-state index is 14.9. The average Bonchev–Trinajstić information content (AvgIpc) is 3.62. The van der Waals surface area contributed by atoms with Gasteiger partial charge in [-0.2, -0.15) is 0 Å². The number of fused-ring (bicyclic) bond motifs is 2. The van der Waals surface area contributed by atoms with Gasteiger partial charge in [0, 0.05) is 37.2 Å². The Hall–Kier alpha value is -4.73. The van der Waals surface area contributed by atoms with E-state index in [1.165, 1.54) is 38.3 Å². The van der Waals surface area contributed by atoms with Gasteiger partial charge in [0.1, 0.15) is 17.0 Å². The van der Waals surface area contributed by atoms with Crippen molar-refractivity contribution in [2.45, 2.75) is 39.7 Å². The maximum absolute atomic E-state index is 14.9. The first kappa shape index (κ1) is 24.6. The monoisotopic (exact) mass is 527 g/mol. The minimum atomic E-state index is -0.568. The molecular formula is C29H26FN5O4. The standard InChI is InChI=1S/C29H26FN5O4/c1-15-8-11-21(20(30)14-15)31-26-24-25(16(2)27(37)32(26)4)35(29(39)34(28(24)38)18-9-10-18)23-7-5-6-22-19(23)12-13-33(22)17(3)36/h5-8,11-14,18,31H,9-10H2,1-4H3.